The molecular weight excluding hydrogens is 326 g/mol. The number of likely N-dealkylation sites (tertiary alicyclic amines) is 1. The van der Waals surface area contributed by atoms with Gasteiger partial charge in [-0.1, -0.05) is 25.7 Å². The molecule has 2 aromatic rings. The lowest BCUT2D eigenvalue weighted by Crippen LogP contribution is -2.32. The van der Waals surface area contributed by atoms with Crippen LogP contribution in [-0.4, -0.2) is 50.1 Å². The predicted molar refractivity (Wildman–Crippen MR) is 101 cm³/mol. The highest BCUT2D eigenvalue weighted by atomic mass is 15.2. The summed E-state index contributed by atoms with van der Waals surface area (Å²) in [6.45, 7) is 4.21. The van der Waals surface area contributed by atoms with Crippen molar-refractivity contribution in [1.82, 2.24) is 24.4 Å². The Bertz CT molecular complexity index is 779. The number of imidazole rings is 1. The molecule has 2 aromatic heterocycles. The Balaban J connectivity index is 1.55. The van der Waals surface area contributed by atoms with Crippen LogP contribution in [-0.2, 0) is 6.54 Å². The molecule has 0 unspecified atom stereocenters. The molecule has 3 heterocycles. The van der Waals surface area contributed by atoms with E-state index in [1.807, 2.05) is 6.33 Å². The number of hydrogen-bond acceptors (Lipinski definition) is 6. The van der Waals surface area contributed by atoms with Gasteiger partial charge in [0.15, 0.2) is 17.0 Å². The molecule has 1 N–H and O–H groups in total. The monoisotopic (exact) mass is 353 g/mol. The largest absolute Gasteiger partial charge is 0.365 e. The van der Waals surface area contributed by atoms with E-state index in [1.165, 1.54) is 51.6 Å². The van der Waals surface area contributed by atoms with Crippen LogP contribution in [0.1, 0.15) is 57.2 Å². The fraction of sp³-hybridized carbons (Fsp3) is 0.684. The standard InChI is InChI=1S/C19H27N7/c20-13-16-23-18(22-15-7-3-1-4-8-15)17-19(24-16)26(14-21-17)12-11-25-9-5-2-6-10-25/h14-15H,1-12H2,(H,22,23,24). The third-order valence-electron chi connectivity index (χ3n) is 5.62. The lowest BCUT2D eigenvalue weighted by molar-refractivity contribution is 0.221. The third-order valence-corrected chi connectivity index (χ3v) is 5.62. The van der Waals surface area contributed by atoms with Gasteiger partial charge in [-0.25, -0.2) is 4.98 Å². The van der Waals surface area contributed by atoms with Crippen LogP contribution in [0.25, 0.3) is 11.2 Å². The van der Waals surface area contributed by atoms with Gasteiger partial charge in [-0.15, -0.1) is 0 Å². The maximum Gasteiger partial charge on any atom is 0.236 e. The van der Waals surface area contributed by atoms with Crippen LogP contribution in [0.3, 0.4) is 0 Å². The molecule has 2 fully saturated rings. The highest BCUT2D eigenvalue weighted by Crippen LogP contribution is 2.25. The number of nitrogens with one attached hydrogen (secondary N) is 1. The van der Waals surface area contributed by atoms with Crippen LogP contribution < -0.4 is 5.32 Å². The van der Waals surface area contributed by atoms with Crippen molar-refractivity contribution < 1.29 is 0 Å². The van der Waals surface area contributed by atoms with Gasteiger partial charge in [0.1, 0.15) is 6.07 Å². The summed E-state index contributed by atoms with van der Waals surface area (Å²) >= 11 is 0. The molecule has 2 aliphatic rings. The molecule has 26 heavy (non-hydrogen) atoms. The second-order valence-corrected chi connectivity index (χ2v) is 7.50. The van der Waals surface area contributed by atoms with Gasteiger partial charge in [-0.3, -0.25) is 0 Å². The first-order valence-electron chi connectivity index (χ1n) is 9.95. The number of anilines is 1. The SMILES string of the molecule is N#Cc1nc(NC2CCCCC2)c2ncn(CCN3CCCCC3)c2n1. The summed E-state index contributed by atoms with van der Waals surface area (Å²) < 4.78 is 2.07. The zero-order valence-electron chi connectivity index (χ0n) is 15.3. The first-order valence-corrected chi connectivity index (χ1v) is 9.95. The second kappa shape index (κ2) is 8.00. The van der Waals surface area contributed by atoms with Gasteiger partial charge in [0.05, 0.1) is 6.33 Å². The van der Waals surface area contributed by atoms with E-state index in [4.69, 9.17) is 0 Å². The Morgan fingerprint density at radius 1 is 1.04 bits per heavy atom. The molecule has 1 aliphatic carbocycles. The number of nitrogens with zero attached hydrogens (tertiary/aromatic N) is 6. The molecule has 0 amide bonds. The molecule has 4 rings (SSSR count). The Morgan fingerprint density at radius 3 is 2.58 bits per heavy atom. The summed E-state index contributed by atoms with van der Waals surface area (Å²) in [5.74, 6) is 0.936. The van der Waals surface area contributed by atoms with Crippen molar-refractivity contribution in [2.75, 3.05) is 25.0 Å². The van der Waals surface area contributed by atoms with Gasteiger partial charge in [0.25, 0.3) is 0 Å². The summed E-state index contributed by atoms with van der Waals surface area (Å²) in [6.07, 6.45) is 11.9. The van der Waals surface area contributed by atoms with Crippen LogP contribution in [0.2, 0.25) is 0 Å². The highest BCUT2D eigenvalue weighted by Gasteiger charge is 2.19. The number of rotatable bonds is 5. The second-order valence-electron chi connectivity index (χ2n) is 7.50. The van der Waals surface area contributed by atoms with E-state index >= 15 is 0 Å². The van der Waals surface area contributed by atoms with Crippen molar-refractivity contribution >= 4 is 17.0 Å². The average molecular weight is 353 g/mol. The summed E-state index contributed by atoms with van der Waals surface area (Å²) in [6, 6.07) is 2.53. The smallest absolute Gasteiger partial charge is 0.236 e. The highest BCUT2D eigenvalue weighted by molar-refractivity contribution is 5.83. The minimum atomic E-state index is 0.218. The van der Waals surface area contributed by atoms with Crippen LogP contribution in [0, 0.1) is 11.3 Å². The molecule has 7 heteroatoms. The van der Waals surface area contributed by atoms with E-state index in [0.29, 0.717) is 6.04 Å². The Kier molecular flexibility index (Phi) is 5.30. The van der Waals surface area contributed by atoms with Gasteiger partial charge in [0.2, 0.25) is 5.82 Å². The number of hydrogen-bond donors (Lipinski definition) is 1. The Morgan fingerprint density at radius 2 is 1.81 bits per heavy atom. The molecule has 1 aliphatic heterocycles. The van der Waals surface area contributed by atoms with Crippen LogP contribution >= 0.6 is 0 Å². The fourth-order valence-electron chi connectivity index (χ4n) is 4.13. The van der Waals surface area contributed by atoms with Crippen molar-refractivity contribution in [3.63, 3.8) is 0 Å². The summed E-state index contributed by atoms with van der Waals surface area (Å²) in [5, 5.41) is 12.9. The van der Waals surface area contributed by atoms with E-state index in [2.05, 4.69) is 35.8 Å². The van der Waals surface area contributed by atoms with E-state index in [9.17, 15) is 5.26 Å². The molecule has 0 aromatic carbocycles. The Hall–Kier alpha value is -2.20. The predicted octanol–water partition coefficient (Wildman–Crippen LogP) is 2.93. The van der Waals surface area contributed by atoms with Gasteiger partial charge in [-0.05, 0) is 38.8 Å². The molecule has 1 saturated carbocycles. The van der Waals surface area contributed by atoms with E-state index in [1.54, 1.807) is 0 Å². The molecule has 7 nitrogen and oxygen atoms in total. The lowest BCUT2D eigenvalue weighted by atomic mass is 9.95. The lowest BCUT2D eigenvalue weighted by Gasteiger charge is -2.26. The van der Waals surface area contributed by atoms with Crippen LogP contribution in [0.4, 0.5) is 5.82 Å². The van der Waals surface area contributed by atoms with Crippen LogP contribution in [0.15, 0.2) is 6.33 Å². The fourth-order valence-corrected chi connectivity index (χ4v) is 4.13. The molecule has 0 radical (unpaired) electrons. The maximum absolute atomic E-state index is 9.35. The number of fused-ring (bicyclic) bond motifs is 1. The topological polar surface area (TPSA) is 82.7 Å². The normalized spacial score (nSPS) is 19.5. The third kappa shape index (κ3) is 3.80. The zero-order chi connectivity index (χ0) is 17.8. The van der Waals surface area contributed by atoms with Crippen molar-refractivity contribution in [3.05, 3.63) is 12.2 Å². The van der Waals surface area contributed by atoms with Crippen molar-refractivity contribution in [1.29, 1.82) is 5.26 Å². The number of piperidine rings is 1. The van der Waals surface area contributed by atoms with Crippen molar-refractivity contribution in [3.8, 4) is 6.07 Å². The molecule has 138 valence electrons. The first-order chi connectivity index (χ1) is 12.8. The van der Waals surface area contributed by atoms with E-state index < -0.39 is 0 Å². The van der Waals surface area contributed by atoms with Gasteiger partial charge in [0, 0.05) is 19.1 Å². The van der Waals surface area contributed by atoms with Gasteiger partial charge < -0.3 is 14.8 Å². The van der Waals surface area contributed by atoms with Gasteiger partial charge in [-0.2, -0.15) is 15.2 Å². The minimum absolute atomic E-state index is 0.218. The molecule has 1 saturated heterocycles. The average Bonchev–Trinajstić information content (AvgIpc) is 3.11. The quantitative estimate of drug-likeness (QED) is 0.890. The maximum atomic E-state index is 9.35. The van der Waals surface area contributed by atoms with Gasteiger partial charge >= 0.3 is 0 Å². The Labute approximate surface area is 154 Å². The summed E-state index contributed by atoms with van der Waals surface area (Å²) in [5.41, 5.74) is 1.56. The number of nitriles is 1. The first kappa shape index (κ1) is 17.2. The summed E-state index contributed by atoms with van der Waals surface area (Å²) in [4.78, 5) is 15.9. The van der Waals surface area contributed by atoms with Crippen LogP contribution in [0.5, 0.6) is 0 Å². The van der Waals surface area contributed by atoms with Crippen molar-refractivity contribution in [2.24, 2.45) is 0 Å². The summed E-state index contributed by atoms with van der Waals surface area (Å²) in [7, 11) is 0. The molecule has 0 bridgehead atoms. The molecular formula is C19H27N7. The van der Waals surface area contributed by atoms with E-state index in [0.717, 1.165) is 42.9 Å². The van der Waals surface area contributed by atoms with Crippen molar-refractivity contribution in [2.45, 2.75) is 64.0 Å². The molecule has 0 spiro atoms. The van der Waals surface area contributed by atoms with E-state index in [-0.39, 0.29) is 5.82 Å². The molecule has 0 atom stereocenters. The minimum Gasteiger partial charge on any atom is -0.365 e. The number of aromatic nitrogens is 4. The zero-order valence-corrected chi connectivity index (χ0v) is 15.3.